The largest absolute Gasteiger partial charge is 0.328 e. The number of H-pyrrole nitrogens is 1. The van der Waals surface area contributed by atoms with Crippen LogP contribution >= 0.6 is 0 Å². The van der Waals surface area contributed by atoms with Crippen LogP contribution < -0.4 is 5.69 Å². The van der Waals surface area contributed by atoms with Crippen LogP contribution in [0.15, 0.2) is 47.4 Å². The second-order valence-corrected chi connectivity index (χ2v) is 7.75. The molecule has 3 aromatic heterocycles. The quantitative estimate of drug-likeness (QED) is 0.443. The molecule has 0 unspecified atom stereocenters. The summed E-state index contributed by atoms with van der Waals surface area (Å²) in [6.07, 6.45) is 6.11. The van der Waals surface area contributed by atoms with Crippen LogP contribution in [0.4, 0.5) is 0 Å². The second kappa shape index (κ2) is 9.07. The SMILES string of the molecule is CCCCCc1c(C)n(C)c(=O)n1Cc1ccc(-c2ncccc2-c2nn[nH]n2)cc1. The molecule has 8 heteroatoms. The molecular formula is C23H27N7O. The van der Waals surface area contributed by atoms with E-state index in [1.54, 1.807) is 10.8 Å². The zero-order valence-corrected chi connectivity index (χ0v) is 18.2. The lowest BCUT2D eigenvalue weighted by Gasteiger charge is -2.10. The van der Waals surface area contributed by atoms with Gasteiger partial charge in [0, 0.05) is 35.8 Å². The predicted molar refractivity (Wildman–Crippen MR) is 120 cm³/mol. The highest BCUT2D eigenvalue weighted by Gasteiger charge is 2.15. The van der Waals surface area contributed by atoms with Crippen LogP contribution in [0.25, 0.3) is 22.6 Å². The summed E-state index contributed by atoms with van der Waals surface area (Å²) in [5.74, 6) is 0.509. The van der Waals surface area contributed by atoms with E-state index < -0.39 is 0 Å². The Morgan fingerprint density at radius 2 is 1.90 bits per heavy atom. The van der Waals surface area contributed by atoms with Gasteiger partial charge in [0.15, 0.2) is 0 Å². The fourth-order valence-corrected chi connectivity index (χ4v) is 3.89. The van der Waals surface area contributed by atoms with Gasteiger partial charge in [0.05, 0.1) is 12.2 Å². The molecule has 0 saturated heterocycles. The summed E-state index contributed by atoms with van der Waals surface area (Å²) in [6.45, 7) is 4.78. The number of unbranched alkanes of at least 4 members (excludes halogenated alkanes) is 2. The normalized spacial score (nSPS) is 11.2. The van der Waals surface area contributed by atoms with Crippen molar-refractivity contribution in [1.82, 2.24) is 34.7 Å². The molecule has 160 valence electrons. The monoisotopic (exact) mass is 417 g/mol. The molecule has 4 aromatic rings. The number of tetrazole rings is 1. The topological polar surface area (TPSA) is 94.3 Å². The maximum absolute atomic E-state index is 12.8. The van der Waals surface area contributed by atoms with Gasteiger partial charge in [-0.05, 0) is 42.7 Å². The van der Waals surface area contributed by atoms with E-state index in [0.29, 0.717) is 12.4 Å². The van der Waals surface area contributed by atoms with E-state index in [0.717, 1.165) is 53.0 Å². The summed E-state index contributed by atoms with van der Waals surface area (Å²) in [6, 6.07) is 11.9. The highest BCUT2D eigenvalue weighted by molar-refractivity contribution is 5.76. The van der Waals surface area contributed by atoms with Crippen LogP contribution in [0.1, 0.15) is 43.1 Å². The molecule has 1 aromatic carbocycles. The number of nitrogens with one attached hydrogen (secondary N) is 1. The van der Waals surface area contributed by atoms with Crippen molar-refractivity contribution >= 4 is 0 Å². The minimum atomic E-state index is 0.0391. The van der Waals surface area contributed by atoms with E-state index in [-0.39, 0.29) is 5.69 Å². The number of nitrogens with zero attached hydrogens (tertiary/aromatic N) is 6. The van der Waals surface area contributed by atoms with Crippen LogP contribution in [-0.4, -0.2) is 34.7 Å². The van der Waals surface area contributed by atoms with E-state index in [1.165, 1.54) is 6.42 Å². The molecular weight excluding hydrogens is 390 g/mol. The molecule has 0 saturated carbocycles. The third-order valence-corrected chi connectivity index (χ3v) is 5.74. The molecule has 0 atom stereocenters. The fraction of sp³-hybridized carbons (Fsp3) is 0.348. The van der Waals surface area contributed by atoms with E-state index >= 15 is 0 Å². The maximum atomic E-state index is 12.8. The van der Waals surface area contributed by atoms with Gasteiger partial charge < -0.3 is 0 Å². The third kappa shape index (κ3) is 4.19. The molecule has 0 amide bonds. The Labute approximate surface area is 181 Å². The summed E-state index contributed by atoms with van der Waals surface area (Å²) in [5, 5.41) is 14.3. The van der Waals surface area contributed by atoms with Crippen molar-refractivity contribution in [1.29, 1.82) is 0 Å². The van der Waals surface area contributed by atoms with Crippen LogP contribution in [-0.2, 0) is 20.0 Å². The van der Waals surface area contributed by atoms with Crippen molar-refractivity contribution in [2.24, 2.45) is 7.05 Å². The highest BCUT2D eigenvalue weighted by atomic mass is 16.1. The van der Waals surface area contributed by atoms with Gasteiger partial charge in [-0.25, -0.2) is 4.79 Å². The first-order chi connectivity index (χ1) is 15.1. The summed E-state index contributed by atoms with van der Waals surface area (Å²) in [5.41, 5.74) is 5.87. The molecule has 0 aliphatic heterocycles. The standard InChI is InChI=1S/C23H27N7O/c1-4-5-6-9-20-16(2)29(3)23(31)30(20)15-17-10-12-18(13-11-17)21-19(8-7-14-24-21)22-25-27-28-26-22/h7-8,10-14H,4-6,9,15H2,1-3H3,(H,25,26,27,28). The summed E-state index contributed by atoms with van der Waals surface area (Å²) >= 11 is 0. The molecule has 0 bridgehead atoms. The van der Waals surface area contributed by atoms with E-state index in [4.69, 9.17) is 0 Å². The molecule has 0 aliphatic carbocycles. The molecule has 0 aliphatic rings. The van der Waals surface area contributed by atoms with Gasteiger partial charge in [-0.15, -0.1) is 10.2 Å². The van der Waals surface area contributed by atoms with Gasteiger partial charge in [0.25, 0.3) is 0 Å². The van der Waals surface area contributed by atoms with Crippen LogP contribution in [0.2, 0.25) is 0 Å². The Bertz CT molecular complexity index is 1200. The Balaban J connectivity index is 1.61. The van der Waals surface area contributed by atoms with E-state index in [9.17, 15) is 4.79 Å². The lowest BCUT2D eigenvalue weighted by Crippen LogP contribution is -2.24. The Kier molecular flexibility index (Phi) is 6.06. The van der Waals surface area contributed by atoms with Gasteiger partial charge in [0.1, 0.15) is 0 Å². The zero-order valence-electron chi connectivity index (χ0n) is 18.2. The van der Waals surface area contributed by atoms with E-state index in [2.05, 4.69) is 44.7 Å². The van der Waals surface area contributed by atoms with Gasteiger partial charge in [-0.1, -0.05) is 44.0 Å². The van der Waals surface area contributed by atoms with Crippen LogP contribution in [0.5, 0.6) is 0 Å². The Hall–Kier alpha value is -3.55. The van der Waals surface area contributed by atoms with Crippen LogP contribution in [0.3, 0.4) is 0 Å². The Morgan fingerprint density at radius 3 is 2.61 bits per heavy atom. The summed E-state index contributed by atoms with van der Waals surface area (Å²) in [4.78, 5) is 17.3. The summed E-state index contributed by atoms with van der Waals surface area (Å²) in [7, 11) is 1.85. The molecule has 1 N–H and O–H groups in total. The van der Waals surface area contributed by atoms with Crippen molar-refractivity contribution < 1.29 is 0 Å². The molecule has 31 heavy (non-hydrogen) atoms. The molecule has 3 heterocycles. The first kappa shape index (κ1) is 20.7. The second-order valence-electron chi connectivity index (χ2n) is 7.75. The van der Waals surface area contributed by atoms with Crippen LogP contribution in [0, 0.1) is 6.92 Å². The minimum Gasteiger partial charge on any atom is -0.299 e. The van der Waals surface area contributed by atoms with E-state index in [1.807, 2.05) is 42.8 Å². The average molecular weight is 418 g/mol. The Morgan fingerprint density at radius 1 is 1.10 bits per heavy atom. The lowest BCUT2D eigenvalue weighted by molar-refractivity contribution is 0.649. The van der Waals surface area contributed by atoms with Gasteiger partial charge in [-0.2, -0.15) is 5.21 Å². The average Bonchev–Trinajstić information content (AvgIpc) is 3.40. The summed E-state index contributed by atoms with van der Waals surface area (Å²) < 4.78 is 3.66. The van der Waals surface area contributed by atoms with Gasteiger partial charge >= 0.3 is 5.69 Å². The van der Waals surface area contributed by atoms with Crippen molar-refractivity contribution in [2.45, 2.75) is 46.1 Å². The first-order valence-corrected chi connectivity index (χ1v) is 10.6. The fourth-order valence-electron chi connectivity index (χ4n) is 3.89. The number of aromatic amines is 1. The maximum Gasteiger partial charge on any atom is 0.328 e. The number of pyridine rings is 1. The predicted octanol–water partition coefficient (Wildman–Crippen LogP) is 3.52. The van der Waals surface area contributed by atoms with Crippen molar-refractivity contribution in [2.75, 3.05) is 0 Å². The molecule has 0 radical (unpaired) electrons. The molecule has 4 rings (SSSR count). The number of benzene rings is 1. The minimum absolute atomic E-state index is 0.0391. The molecule has 0 fully saturated rings. The van der Waals surface area contributed by atoms with Gasteiger partial charge in [0.2, 0.25) is 5.82 Å². The number of imidazole rings is 1. The molecule has 0 spiro atoms. The first-order valence-electron chi connectivity index (χ1n) is 10.6. The third-order valence-electron chi connectivity index (χ3n) is 5.74. The van der Waals surface area contributed by atoms with Crippen molar-refractivity contribution in [3.63, 3.8) is 0 Å². The highest BCUT2D eigenvalue weighted by Crippen LogP contribution is 2.27. The number of aromatic nitrogens is 7. The van der Waals surface area contributed by atoms with Gasteiger partial charge in [-0.3, -0.25) is 14.1 Å². The number of hydrogen-bond donors (Lipinski definition) is 1. The number of rotatable bonds is 8. The van der Waals surface area contributed by atoms with Crippen molar-refractivity contribution in [3.05, 3.63) is 70.0 Å². The lowest BCUT2D eigenvalue weighted by atomic mass is 10.0. The number of hydrogen-bond acceptors (Lipinski definition) is 5. The molecule has 8 nitrogen and oxygen atoms in total. The zero-order chi connectivity index (χ0) is 21.8. The smallest absolute Gasteiger partial charge is 0.299 e. The van der Waals surface area contributed by atoms with Crippen molar-refractivity contribution in [3.8, 4) is 22.6 Å².